The van der Waals surface area contributed by atoms with Gasteiger partial charge in [0.1, 0.15) is 22.6 Å². The van der Waals surface area contributed by atoms with Crippen molar-refractivity contribution in [2.45, 2.75) is 39.0 Å². The number of carbonyl (C=O) groups excluding carboxylic acids is 1. The third-order valence-corrected chi connectivity index (χ3v) is 5.14. The van der Waals surface area contributed by atoms with Crippen molar-refractivity contribution in [3.8, 4) is 0 Å². The number of nitrogens with zero attached hydrogens (tertiary/aromatic N) is 1. The highest BCUT2D eigenvalue weighted by atomic mass is 32.1. The molecule has 3 rings (SSSR count). The molecule has 3 atom stereocenters. The van der Waals surface area contributed by atoms with Crippen LogP contribution in [0.15, 0.2) is 34.7 Å². The first-order valence-corrected chi connectivity index (χ1v) is 8.77. The predicted octanol–water partition coefficient (Wildman–Crippen LogP) is 2.78. The normalized spacial score (nSPS) is 15.1. The van der Waals surface area contributed by atoms with Crippen molar-refractivity contribution in [3.05, 3.63) is 52.4 Å². The largest absolute Gasteiger partial charge is 0.466 e. The number of aromatic nitrogens is 1. The summed E-state index contributed by atoms with van der Waals surface area (Å²) in [5.74, 6) is 0.813. The molecule has 7 heteroatoms. The van der Waals surface area contributed by atoms with Gasteiger partial charge in [-0.2, -0.15) is 0 Å². The number of furan rings is 1. The lowest BCUT2D eigenvalue weighted by atomic mass is 10.1. The van der Waals surface area contributed by atoms with Gasteiger partial charge in [0.25, 0.3) is 5.91 Å². The molecule has 3 N–H and O–H groups in total. The first-order chi connectivity index (χ1) is 11.9. The van der Waals surface area contributed by atoms with Crippen LogP contribution in [0.4, 0.5) is 0 Å². The summed E-state index contributed by atoms with van der Waals surface area (Å²) in [4.78, 5) is 16.6. The third-order valence-electron chi connectivity index (χ3n) is 4.04. The molecule has 0 unspecified atom stereocenters. The van der Waals surface area contributed by atoms with Crippen LogP contribution in [0.25, 0.3) is 10.2 Å². The molecule has 2 heterocycles. The lowest BCUT2D eigenvalue weighted by Gasteiger charge is -2.19. The molecule has 0 radical (unpaired) electrons. The van der Waals surface area contributed by atoms with Crippen LogP contribution < -0.4 is 5.32 Å². The van der Waals surface area contributed by atoms with E-state index in [2.05, 4.69) is 10.3 Å². The van der Waals surface area contributed by atoms with E-state index < -0.39 is 18.1 Å². The van der Waals surface area contributed by atoms with Gasteiger partial charge in [0.15, 0.2) is 6.10 Å². The molecule has 3 aromatic rings. The Morgan fingerprint density at radius 3 is 2.64 bits per heavy atom. The molecule has 0 saturated carbocycles. The molecule has 1 aromatic carbocycles. The van der Waals surface area contributed by atoms with E-state index in [0.29, 0.717) is 10.8 Å². The van der Waals surface area contributed by atoms with Gasteiger partial charge in [-0.1, -0.05) is 12.1 Å². The molecule has 132 valence electrons. The Hall–Kier alpha value is -2.22. The number of nitrogens with one attached hydrogen (secondary N) is 1. The van der Waals surface area contributed by atoms with E-state index in [1.165, 1.54) is 11.3 Å². The average molecular weight is 360 g/mol. The van der Waals surface area contributed by atoms with Crippen molar-refractivity contribution in [1.29, 1.82) is 0 Å². The highest BCUT2D eigenvalue weighted by Gasteiger charge is 2.29. The number of carbonyl (C=O) groups is 1. The zero-order valence-electron chi connectivity index (χ0n) is 14.2. The maximum absolute atomic E-state index is 12.3. The number of thiazole rings is 1. The predicted molar refractivity (Wildman–Crippen MR) is 95.3 cm³/mol. The fraction of sp³-hybridized carbons (Fsp3) is 0.333. The minimum atomic E-state index is -1.60. The Bertz CT molecular complexity index is 869. The summed E-state index contributed by atoms with van der Waals surface area (Å²) < 4.78 is 6.35. The van der Waals surface area contributed by atoms with Crippen LogP contribution in [-0.4, -0.2) is 27.2 Å². The first-order valence-electron chi connectivity index (χ1n) is 7.95. The quantitative estimate of drug-likeness (QED) is 0.650. The molecule has 0 aliphatic heterocycles. The molecule has 0 bridgehead atoms. The fourth-order valence-electron chi connectivity index (χ4n) is 2.75. The van der Waals surface area contributed by atoms with Gasteiger partial charge in [-0.05, 0) is 39.0 Å². The van der Waals surface area contributed by atoms with E-state index in [9.17, 15) is 15.0 Å². The van der Waals surface area contributed by atoms with Crippen molar-refractivity contribution >= 4 is 27.5 Å². The van der Waals surface area contributed by atoms with Gasteiger partial charge in [-0.15, -0.1) is 11.3 Å². The first kappa shape index (κ1) is 17.6. The number of hydrogen-bond donors (Lipinski definition) is 3. The number of amides is 1. The Morgan fingerprint density at radius 2 is 2.00 bits per heavy atom. The standard InChI is InChI=1S/C18H20N2O4S/c1-9-8-12(11(3)24-9)10(2)19-17(23)15(21)16(22)18-20-13-6-4-5-7-14(13)25-18/h4-8,10,15-16,21-22H,1-3H3,(H,19,23)/t10-,15-,16-/m0/s1. The number of para-hydroxylation sites is 1. The minimum absolute atomic E-state index is 0.312. The van der Waals surface area contributed by atoms with Gasteiger partial charge in [-0.3, -0.25) is 4.79 Å². The zero-order chi connectivity index (χ0) is 18.1. The maximum atomic E-state index is 12.3. The second-order valence-corrected chi connectivity index (χ2v) is 7.07. The number of aryl methyl sites for hydroxylation is 2. The second kappa shape index (κ2) is 6.95. The molecular weight excluding hydrogens is 340 g/mol. The monoisotopic (exact) mass is 360 g/mol. The second-order valence-electron chi connectivity index (χ2n) is 6.01. The van der Waals surface area contributed by atoms with Crippen LogP contribution in [0.3, 0.4) is 0 Å². The highest BCUT2D eigenvalue weighted by molar-refractivity contribution is 7.18. The lowest BCUT2D eigenvalue weighted by molar-refractivity contribution is -0.136. The summed E-state index contributed by atoms with van der Waals surface area (Å²) in [6.07, 6.45) is -2.98. The number of fused-ring (bicyclic) bond motifs is 1. The minimum Gasteiger partial charge on any atom is -0.466 e. The summed E-state index contributed by atoms with van der Waals surface area (Å²) in [5, 5.41) is 23.6. The molecule has 25 heavy (non-hydrogen) atoms. The van der Waals surface area contributed by atoms with Gasteiger partial charge >= 0.3 is 0 Å². The fourth-order valence-corrected chi connectivity index (χ4v) is 3.74. The van der Waals surface area contributed by atoms with E-state index >= 15 is 0 Å². The molecule has 0 fully saturated rings. The Labute approximate surface area is 149 Å². The van der Waals surface area contributed by atoms with Crippen LogP contribution in [0.2, 0.25) is 0 Å². The molecule has 0 spiro atoms. The summed E-state index contributed by atoms with van der Waals surface area (Å²) in [6, 6.07) is 8.91. The zero-order valence-corrected chi connectivity index (χ0v) is 15.0. The number of aliphatic hydroxyl groups excluding tert-OH is 2. The number of rotatable bonds is 5. The van der Waals surface area contributed by atoms with Crippen LogP contribution in [0, 0.1) is 13.8 Å². The van der Waals surface area contributed by atoms with Gasteiger partial charge in [0, 0.05) is 5.56 Å². The van der Waals surface area contributed by atoms with Gasteiger partial charge < -0.3 is 19.9 Å². The molecule has 0 aliphatic carbocycles. The van der Waals surface area contributed by atoms with E-state index in [4.69, 9.17) is 4.42 Å². The van der Waals surface area contributed by atoms with Gasteiger partial charge in [0.05, 0.1) is 16.3 Å². The summed E-state index contributed by atoms with van der Waals surface area (Å²) in [7, 11) is 0. The van der Waals surface area contributed by atoms with Gasteiger partial charge in [-0.25, -0.2) is 4.98 Å². The van der Waals surface area contributed by atoms with E-state index in [1.54, 1.807) is 6.92 Å². The lowest BCUT2D eigenvalue weighted by Crippen LogP contribution is -2.39. The highest BCUT2D eigenvalue weighted by Crippen LogP contribution is 2.28. The van der Waals surface area contributed by atoms with E-state index in [-0.39, 0.29) is 6.04 Å². The van der Waals surface area contributed by atoms with Gasteiger partial charge in [0.2, 0.25) is 0 Å². The van der Waals surface area contributed by atoms with Crippen LogP contribution in [0.1, 0.15) is 41.2 Å². The third kappa shape index (κ3) is 3.58. The number of benzene rings is 1. The van der Waals surface area contributed by atoms with E-state index in [0.717, 1.165) is 21.5 Å². The molecular formula is C18H20N2O4S. The van der Waals surface area contributed by atoms with Crippen molar-refractivity contribution in [1.82, 2.24) is 10.3 Å². The molecule has 1 amide bonds. The Balaban J connectivity index is 1.71. The van der Waals surface area contributed by atoms with E-state index in [1.807, 2.05) is 44.2 Å². The number of hydrogen-bond acceptors (Lipinski definition) is 6. The van der Waals surface area contributed by atoms with Crippen LogP contribution in [0.5, 0.6) is 0 Å². The Kier molecular flexibility index (Phi) is 4.89. The van der Waals surface area contributed by atoms with Crippen LogP contribution in [-0.2, 0) is 4.79 Å². The topological polar surface area (TPSA) is 95.6 Å². The molecule has 0 saturated heterocycles. The van der Waals surface area contributed by atoms with Crippen molar-refractivity contribution in [3.63, 3.8) is 0 Å². The molecule has 6 nitrogen and oxygen atoms in total. The summed E-state index contributed by atoms with van der Waals surface area (Å²) in [5.41, 5.74) is 1.57. The maximum Gasteiger partial charge on any atom is 0.252 e. The van der Waals surface area contributed by atoms with Crippen molar-refractivity contribution in [2.24, 2.45) is 0 Å². The van der Waals surface area contributed by atoms with Crippen LogP contribution >= 0.6 is 11.3 Å². The van der Waals surface area contributed by atoms with Crippen molar-refractivity contribution < 1.29 is 19.4 Å². The smallest absolute Gasteiger partial charge is 0.252 e. The number of aliphatic hydroxyl groups is 2. The SMILES string of the molecule is Cc1cc([C@H](C)NC(=O)[C@@H](O)[C@H](O)c2nc3ccccc3s2)c(C)o1. The average Bonchev–Trinajstić information content (AvgIpc) is 3.15. The Morgan fingerprint density at radius 1 is 1.28 bits per heavy atom. The molecule has 2 aromatic heterocycles. The summed E-state index contributed by atoms with van der Waals surface area (Å²) >= 11 is 1.26. The summed E-state index contributed by atoms with van der Waals surface area (Å²) in [6.45, 7) is 5.44. The molecule has 0 aliphatic rings. The van der Waals surface area contributed by atoms with Crippen molar-refractivity contribution in [2.75, 3.05) is 0 Å².